The van der Waals surface area contributed by atoms with E-state index in [0.717, 1.165) is 31.6 Å². The van der Waals surface area contributed by atoms with E-state index in [1.54, 1.807) is 16.8 Å². The van der Waals surface area contributed by atoms with Gasteiger partial charge in [-0.3, -0.25) is 9.69 Å². The zero-order valence-corrected chi connectivity index (χ0v) is 15.5. The highest BCUT2D eigenvalue weighted by molar-refractivity contribution is 5.93. The van der Waals surface area contributed by atoms with Crippen LogP contribution < -0.4 is 0 Å². The lowest BCUT2D eigenvalue weighted by atomic mass is 10.1. The SMILES string of the molecule is CCCN1CCN(C(=O)c2nnn3c2COC(c2ccc(F)cc2)C3)CC1. The van der Waals surface area contributed by atoms with E-state index >= 15 is 0 Å². The van der Waals surface area contributed by atoms with Gasteiger partial charge in [-0.05, 0) is 30.7 Å². The molecule has 0 radical (unpaired) electrons. The number of carbonyl (C=O) groups is 1. The van der Waals surface area contributed by atoms with E-state index in [9.17, 15) is 9.18 Å². The minimum absolute atomic E-state index is 0.0729. The van der Waals surface area contributed by atoms with Gasteiger partial charge in [0.2, 0.25) is 0 Å². The first kappa shape index (κ1) is 18.1. The third-order valence-electron chi connectivity index (χ3n) is 5.24. The number of nitrogens with zero attached hydrogens (tertiary/aromatic N) is 5. The number of benzene rings is 1. The number of fused-ring (bicyclic) bond motifs is 1. The molecule has 1 unspecified atom stereocenters. The Kier molecular flexibility index (Phi) is 5.18. The van der Waals surface area contributed by atoms with Crippen LogP contribution in [-0.2, 0) is 17.9 Å². The minimum Gasteiger partial charge on any atom is -0.365 e. The predicted octanol–water partition coefficient (Wildman–Crippen LogP) is 1.86. The van der Waals surface area contributed by atoms with E-state index in [2.05, 4.69) is 22.1 Å². The minimum atomic E-state index is -0.275. The second-order valence-electron chi connectivity index (χ2n) is 7.05. The lowest BCUT2D eigenvalue weighted by Gasteiger charge is -2.34. The molecule has 0 N–H and O–H groups in total. The molecular weight excluding hydrogens is 349 g/mol. The largest absolute Gasteiger partial charge is 0.365 e. The number of hydrogen-bond acceptors (Lipinski definition) is 5. The van der Waals surface area contributed by atoms with Crippen molar-refractivity contribution in [2.45, 2.75) is 32.6 Å². The van der Waals surface area contributed by atoms with Crippen LogP contribution in [0.1, 0.15) is 41.2 Å². The summed E-state index contributed by atoms with van der Waals surface area (Å²) in [6, 6.07) is 6.26. The predicted molar refractivity (Wildman–Crippen MR) is 96.6 cm³/mol. The Bertz CT molecular complexity index is 799. The summed E-state index contributed by atoms with van der Waals surface area (Å²) in [5.41, 5.74) is 1.99. The fraction of sp³-hybridized carbons (Fsp3) is 0.526. The summed E-state index contributed by atoms with van der Waals surface area (Å²) >= 11 is 0. The van der Waals surface area contributed by atoms with Crippen molar-refractivity contribution >= 4 is 5.91 Å². The van der Waals surface area contributed by atoms with Crippen molar-refractivity contribution in [3.63, 3.8) is 0 Å². The van der Waals surface area contributed by atoms with Crippen LogP contribution in [0.15, 0.2) is 24.3 Å². The molecule has 7 nitrogen and oxygen atoms in total. The highest BCUT2D eigenvalue weighted by Gasteiger charge is 2.31. The Hall–Kier alpha value is -2.32. The molecule has 1 amide bonds. The van der Waals surface area contributed by atoms with Crippen molar-refractivity contribution in [3.8, 4) is 0 Å². The maximum absolute atomic E-state index is 13.1. The molecule has 3 heterocycles. The Labute approximate surface area is 157 Å². The summed E-state index contributed by atoms with van der Waals surface area (Å²) in [6.45, 7) is 7.19. The zero-order valence-electron chi connectivity index (χ0n) is 15.5. The molecular formula is C19H24FN5O2. The summed E-state index contributed by atoms with van der Waals surface area (Å²) in [4.78, 5) is 17.1. The van der Waals surface area contributed by atoms with Gasteiger partial charge in [-0.15, -0.1) is 5.10 Å². The van der Waals surface area contributed by atoms with Gasteiger partial charge in [-0.2, -0.15) is 0 Å². The molecule has 4 rings (SSSR count). The lowest BCUT2D eigenvalue weighted by Crippen LogP contribution is -2.49. The van der Waals surface area contributed by atoms with Crippen molar-refractivity contribution in [2.24, 2.45) is 0 Å². The maximum Gasteiger partial charge on any atom is 0.276 e. The lowest BCUT2D eigenvalue weighted by molar-refractivity contribution is -0.00207. The fourth-order valence-corrected chi connectivity index (χ4v) is 3.70. The third kappa shape index (κ3) is 3.72. The number of hydrogen-bond donors (Lipinski definition) is 0. The Morgan fingerprint density at radius 2 is 1.96 bits per heavy atom. The van der Waals surface area contributed by atoms with Crippen molar-refractivity contribution < 1.29 is 13.9 Å². The van der Waals surface area contributed by atoms with Gasteiger partial charge in [-0.1, -0.05) is 24.3 Å². The molecule has 2 aliphatic heterocycles. The second kappa shape index (κ2) is 7.74. The van der Waals surface area contributed by atoms with E-state index in [-0.39, 0.29) is 24.4 Å². The fourth-order valence-electron chi connectivity index (χ4n) is 3.70. The quantitative estimate of drug-likeness (QED) is 0.819. The zero-order chi connectivity index (χ0) is 18.8. The Morgan fingerprint density at radius 3 is 2.67 bits per heavy atom. The van der Waals surface area contributed by atoms with Crippen molar-refractivity contribution in [1.29, 1.82) is 0 Å². The van der Waals surface area contributed by atoms with Crippen molar-refractivity contribution in [1.82, 2.24) is 24.8 Å². The molecule has 1 saturated heterocycles. The number of halogens is 1. The summed E-state index contributed by atoms with van der Waals surface area (Å²) in [6.07, 6.45) is 0.902. The van der Waals surface area contributed by atoms with Crippen molar-refractivity contribution in [2.75, 3.05) is 32.7 Å². The van der Waals surface area contributed by atoms with Gasteiger partial charge in [0.1, 0.15) is 11.9 Å². The van der Waals surface area contributed by atoms with Gasteiger partial charge in [0.05, 0.1) is 18.8 Å². The van der Waals surface area contributed by atoms with Gasteiger partial charge >= 0.3 is 0 Å². The summed E-state index contributed by atoms with van der Waals surface area (Å²) in [7, 11) is 0. The standard InChI is InChI=1S/C19H24FN5O2/c1-2-7-23-8-10-24(11-9-23)19(26)18-16-13-27-17(12-25(16)22-21-18)14-3-5-15(20)6-4-14/h3-6,17H,2,7-13H2,1H3. The highest BCUT2D eigenvalue weighted by atomic mass is 19.1. The molecule has 1 fully saturated rings. The Morgan fingerprint density at radius 1 is 1.22 bits per heavy atom. The smallest absolute Gasteiger partial charge is 0.276 e. The van der Waals surface area contributed by atoms with Crippen LogP contribution >= 0.6 is 0 Å². The van der Waals surface area contributed by atoms with E-state index < -0.39 is 0 Å². The number of ether oxygens (including phenoxy) is 1. The summed E-state index contributed by atoms with van der Waals surface area (Å²) < 4.78 is 20.8. The van der Waals surface area contributed by atoms with E-state index in [0.29, 0.717) is 31.0 Å². The molecule has 1 atom stereocenters. The van der Waals surface area contributed by atoms with Crippen LogP contribution in [0.25, 0.3) is 0 Å². The van der Waals surface area contributed by atoms with Gasteiger partial charge in [0.15, 0.2) is 5.69 Å². The van der Waals surface area contributed by atoms with Gasteiger partial charge in [-0.25, -0.2) is 9.07 Å². The highest BCUT2D eigenvalue weighted by Crippen LogP contribution is 2.27. The van der Waals surface area contributed by atoms with Gasteiger partial charge < -0.3 is 9.64 Å². The normalized spacial score (nSPS) is 20.5. The first-order chi connectivity index (χ1) is 13.2. The molecule has 27 heavy (non-hydrogen) atoms. The molecule has 0 aliphatic carbocycles. The molecule has 8 heteroatoms. The van der Waals surface area contributed by atoms with Crippen LogP contribution in [0, 0.1) is 5.82 Å². The van der Waals surface area contributed by atoms with Crippen LogP contribution in [0.4, 0.5) is 4.39 Å². The first-order valence-electron chi connectivity index (χ1n) is 9.46. The number of piperazine rings is 1. The van der Waals surface area contributed by atoms with E-state index in [1.807, 2.05) is 4.90 Å². The Balaban J connectivity index is 1.44. The average Bonchev–Trinajstić information content (AvgIpc) is 3.12. The molecule has 2 aliphatic rings. The molecule has 2 aromatic rings. The van der Waals surface area contributed by atoms with Crippen LogP contribution in [0.2, 0.25) is 0 Å². The number of carbonyl (C=O) groups excluding carboxylic acids is 1. The van der Waals surface area contributed by atoms with Crippen LogP contribution in [-0.4, -0.2) is 63.4 Å². The molecule has 0 saturated carbocycles. The van der Waals surface area contributed by atoms with Crippen molar-refractivity contribution in [3.05, 3.63) is 47.0 Å². The van der Waals surface area contributed by atoms with E-state index in [1.165, 1.54) is 12.1 Å². The van der Waals surface area contributed by atoms with Gasteiger partial charge in [0, 0.05) is 26.2 Å². The average molecular weight is 373 g/mol. The van der Waals surface area contributed by atoms with Crippen LogP contribution in [0.3, 0.4) is 0 Å². The monoisotopic (exact) mass is 373 g/mol. The number of rotatable bonds is 4. The molecule has 1 aromatic carbocycles. The van der Waals surface area contributed by atoms with Gasteiger partial charge in [0.25, 0.3) is 5.91 Å². The van der Waals surface area contributed by atoms with Crippen LogP contribution in [0.5, 0.6) is 0 Å². The second-order valence-corrected chi connectivity index (χ2v) is 7.05. The molecule has 144 valence electrons. The molecule has 1 aromatic heterocycles. The number of amides is 1. The summed E-state index contributed by atoms with van der Waals surface area (Å²) in [5, 5.41) is 8.30. The first-order valence-corrected chi connectivity index (χ1v) is 9.46. The molecule has 0 bridgehead atoms. The summed E-state index contributed by atoms with van der Waals surface area (Å²) in [5.74, 6) is -0.348. The molecule has 0 spiro atoms. The maximum atomic E-state index is 13.1. The number of aromatic nitrogens is 3. The topological polar surface area (TPSA) is 63.5 Å². The third-order valence-corrected chi connectivity index (χ3v) is 5.24. The van der Waals surface area contributed by atoms with E-state index in [4.69, 9.17) is 4.74 Å².